The zero-order valence-corrected chi connectivity index (χ0v) is 31.8. The molecule has 3 amide bonds. The lowest BCUT2D eigenvalue weighted by atomic mass is 9.90. The third kappa shape index (κ3) is 8.90. The van der Waals surface area contributed by atoms with E-state index in [0.717, 1.165) is 30.4 Å². The van der Waals surface area contributed by atoms with Crippen LogP contribution < -0.4 is 4.72 Å². The number of benzene rings is 1. The van der Waals surface area contributed by atoms with Gasteiger partial charge in [0.1, 0.15) is 12.7 Å². The molecule has 1 N–H and O–H groups in total. The van der Waals surface area contributed by atoms with Crippen LogP contribution in [0.5, 0.6) is 0 Å². The normalized spacial score (nSPS) is 28.9. The van der Waals surface area contributed by atoms with Gasteiger partial charge in [0.25, 0.3) is 0 Å². The molecule has 3 heterocycles. The Morgan fingerprint density at radius 1 is 1.06 bits per heavy atom. The highest BCUT2D eigenvalue weighted by molar-refractivity contribution is 7.90. The highest BCUT2D eigenvalue weighted by Crippen LogP contribution is 2.57. The summed E-state index contributed by atoms with van der Waals surface area (Å²) >= 11 is 6.37. The summed E-state index contributed by atoms with van der Waals surface area (Å²) in [6, 6.07) is 4.45. The maximum absolute atomic E-state index is 14.4. The zero-order valence-electron chi connectivity index (χ0n) is 30.2. The van der Waals surface area contributed by atoms with Crippen molar-refractivity contribution in [3.8, 4) is 0 Å². The molecule has 52 heavy (non-hydrogen) atoms. The minimum Gasteiger partial charge on any atom is -0.444 e. The van der Waals surface area contributed by atoms with E-state index in [1.165, 1.54) is 9.80 Å². The second-order valence-corrected chi connectivity index (χ2v) is 18.5. The van der Waals surface area contributed by atoms with E-state index in [-0.39, 0.29) is 56.6 Å². The van der Waals surface area contributed by atoms with Crippen molar-refractivity contribution >= 4 is 51.1 Å². The van der Waals surface area contributed by atoms with E-state index < -0.39 is 62.1 Å². The summed E-state index contributed by atoms with van der Waals surface area (Å²) in [6.45, 7) is 5.92. The van der Waals surface area contributed by atoms with Gasteiger partial charge in [0, 0.05) is 36.7 Å². The number of sulfonamides is 1. The number of hydrogen-bond acceptors (Lipinski definition) is 9. The lowest BCUT2D eigenvalue weighted by molar-refractivity contribution is -0.144. The standard InChI is InChI=1S/C38H50ClN3O9S/c1-37(2,3)50-23-27(43)16-24-10-7-5-4-6-8-12-26-18-38(26,35(46)40-52(48,49)29-14-15-29)19-33(44)32-17-28(21-42(32)34(24)45)51-36(47)41-20-25-11-9-13-31(39)30(25)22-41/h8-9,11-13,24,26,28-29,32H,4-7,10,14-23H2,1-3H3,(H,40,46)/b12-8-/t24-,26-,28-,32+,38-/m1/s1. The average Bonchev–Trinajstić information content (AvgIpc) is 3.96. The molecule has 0 spiro atoms. The maximum Gasteiger partial charge on any atom is 0.410 e. The number of fused-ring (bicyclic) bond motifs is 3. The Bertz CT molecular complexity index is 1740. The summed E-state index contributed by atoms with van der Waals surface area (Å²) < 4.78 is 39.5. The molecule has 5 atom stereocenters. The lowest BCUT2D eigenvalue weighted by Gasteiger charge is -2.29. The largest absolute Gasteiger partial charge is 0.444 e. The number of ketones is 2. The molecule has 2 aliphatic carbocycles. The van der Waals surface area contributed by atoms with Crippen LogP contribution >= 0.6 is 11.6 Å². The molecule has 0 aromatic heterocycles. The fourth-order valence-corrected chi connectivity index (χ4v) is 9.32. The molecule has 0 unspecified atom stereocenters. The molecule has 1 saturated heterocycles. The van der Waals surface area contributed by atoms with Crippen molar-refractivity contribution in [2.75, 3.05) is 13.2 Å². The molecule has 12 nitrogen and oxygen atoms in total. The highest BCUT2D eigenvalue weighted by Gasteiger charge is 2.61. The van der Waals surface area contributed by atoms with Gasteiger partial charge in [-0.2, -0.15) is 0 Å². The molecule has 284 valence electrons. The van der Waals surface area contributed by atoms with Crippen molar-refractivity contribution < 1.29 is 41.9 Å². The van der Waals surface area contributed by atoms with Crippen LogP contribution in [-0.2, 0) is 51.8 Å². The summed E-state index contributed by atoms with van der Waals surface area (Å²) in [5.41, 5.74) is -0.0491. The number of halogens is 1. The number of rotatable bonds is 8. The Kier molecular flexibility index (Phi) is 11.2. The van der Waals surface area contributed by atoms with E-state index in [1.54, 1.807) is 6.07 Å². The van der Waals surface area contributed by atoms with Crippen molar-refractivity contribution in [2.24, 2.45) is 17.3 Å². The van der Waals surface area contributed by atoms with Gasteiger partial charge in [-0.3, -0.25) is 28.8 Å². The Balaban J connectivity index is 1.24. The maximum atomic E-state index is 14.4. The monoisotopic (exact) mass is 759 g/mol. The summed E-state index contributed by atoms with van der Waals surface area (Å²) in [5.74, 6) is -2.74. The van der Waals surface area contributed by atoms with Gasteiger partial charge in [0.05, 0.1) is 35.4 Å². The van der Waals surface area contributed by atoms with Gasteiger partial charge in [-0.1, -0.05) is 48.7 Å². The van der Waals surface area contributed by atoms with Crippen LogP contribution in [0.4, 0.5) is 4.79 Å². The number of ether oxygens (including phenoxy) is 2. The molecule has 3 aliphatic heterocycles. The van der Waals surface area contributed by atoms with Crippen molar-refractivity contribution in [2.45, 2.75) is 127 Å². The quantitative estimate of drug-likeness (QED) is 0.350. The van der Waals surface area contributed by atoms with Crippen molar-refractivity contribution in [1.82, 2.24) is 14.5 Å². The van der Waals surface area contributed by atoms with Gasteiger partial charge >= 0.3 is 6.09 Å². The van der Waals surface area contributed by atoms with E-state index in [2.05, 4.69) is 4.72 Å². The van der Waals surface area contributed by atoms with Crippen LogP contribution in [0.2, 0.25) is 5.02 Å². The van der Waals surface area contributed by atoms with Crippen LogP contribution in [-0.4, -0.2) is 83.8 Å². The predicted molar refractivity (Wildman–Crippen MR) is 192 cm³/mol. The highest BCUT2D eigenvalue weighted by atomic mass is 35.5. The average molecular weight is 760 g/mol. The first-order chi connectivity index (χ1) is 24.6. The number of carbonyl (C=O) groups excluding carboxylic acids is 5. The first-order valence-corrected chi connectivity index (χ1v) is 20.4. The number of Topliss-reactive ketones (excluding diaryl/α,β-unsaturated/α-hetero) is 2. The van der Waals surface area contributed by atoms with Crippen LogP contribution in [0, 0.1) is 17.3 Å². The molecular weight excluding hydrogens is 710 g/mol. The summed E-state index contributed by atoms with van der Waals surface area (Å²) in [6.07, 6.45) is 6.94. The first-order valence-electron chi connectivity index (χ1n) is 18.5. The first kappa shape index (κ1) is 38.4. The topological polar surface area (TPSA) is 156 Å². The molecule has 0 radical (unpaired) electrons. The predicted octanol–water partition coefficient (Wildman–Crippen LogP) is 5.25. The molecule has 14 heteroatoms. The molecule has 3 fully saturated rings. The summed E-state index contributed by atoms with van der Waals surface area (Å²) in [5, 5.41) is -0.0508. The molecule has 6 rings (SSSR count). The number of nitrogens with one attached hydrogen (secondary N) is 1. The minimum atomic E-state index is -3.85. The summed E-state index contributed by atoms with van der Waals surface area (Å²) in [4.78, 5) is 72.0. The van der Waals surface area contributed by atoms with Crippen molar-refractivity contribution in [3.63, 3.8) is 0 Å². The van der Waals surface area contributed by atoms with E-state index in [0.29, 0.717) is 43.7 Å². The third-order valence-corrected chi connectivity index (χ3v) is 13.1. The van der Waals surface area contributed by atoms with Gasteiger partial charge in [-0.25, -0.2) is 13.2 Å². The zero-order chi connectivity index (χ0) is 37.4. The van der Waals surface area contributed by atoms with E-state index >= 15 is 0 Å². The van der Waals surface area contributed by atoms with Crippen LogP contribution in [0.25, 0.3) is 0 Å². The van der Waals surface area contributed by atoms with Gasteiger partial charge in [0.2, 0.25) is 21.8 Å². The second-order valence-electron chi connectivity index (χ2n) is 16.2. The van der Waals surface area contributed by atoms with Crippen molar-refractivity contribution in [3.05, 3.63) is 46.5 Å². The summed E-state index contributed by atoms with van der Waals surface area (Å²) in [7, 11) is -3.85. The Hall–Kier alpha value is -3.29. The Morgan fingerprint density at radius 3 is 2.54 bits per heavy atom. The SMILES string of the molecule is CC(C)(C)OCC(=O)C[C@H]1CCCCC/C=C\[C@@H]2C[C@@]2(C(=O)NS(=O)(=O)C2CC2)CC(=O)[C@@H]2C[C@@H](OC(=O)N3Cc4cccc(Cl)c4C3)CN2C1=O. The molecule has 2 saturated carbocycles. The van der Waals surface area contributed by atoms with Crippen LogP contribution in [0.1, 0.15) is 103 Å². The van der Waals surface area contributed by atoms with E-state index in [9.17, 15) is 32.4 Å². The molecular formula is C38H50ClN3O9S. The number of hydrogen-bond donors (Lipinski definition) is 1. The van der Waals surface area contributed by atoms with Crippen molar-refractivity contribution in [1.29, 1.82) is 0 Å². The second kappa shape index (κ2) is 15.2. The lowest BCUT2D eigenvalue weighted by Crippen LogP contribution is -2.46. The Morgan fingerprint density at radius 2 is 1.83 bits per heavy atom. The van der Waals surface area contributed by atoms with Gasteiger partial charge in [0.15, 0.2) is 11.6 Å². The number of amides is 3. The van der Waals surface area contributed by atoms with Crippen LogP contribution in [0.15, 0.2) is 30.4 Å². The molecule has 1 aromatic rings. The van der Waals surface area contributed by atoms with Crippen LogP contribution in [0.3, 0.4) is 0 Å². The van der Waals surface area contributed by atoms with Gasteiger partial charge < -0.3 is 14.4 Å². The number of carbonyl (C=O) groups is 5. The third-order valence-electron chi connectivity index (χ3n) is 10.9. The number of nitrogens with zero attached hydrogens (tertiary/aromatic N) is 2. The number of allylic oxidation sites excluding steroid dienone is 2. The fraction of sp³-hybridized carbons (Fsp3) is 0.658. The molecule has 1 aromatic carbocycles. The molecule has 5 aliphatic rings. The van der Waals surface area contributed by atoms with E-state index in [1.807, 2.05) is 45.1 Å². The van der Waals surface area contributed by atoms with Gasteiger partial charge in [-0.05, 0) is 82.4 Å². The Labute approximate surface area is 311 Å². The van der Waals surface area contributed by atoms with E-state index in [4.69, 9.17) is 21.1 Å². The fourth-order valence-electron chi connectivity index (χ4n) is 7.68. The smallest absolute Gasteiger partial charge is 0.410 e. The minimum absolute atomic E-state index is 0.0181. The molecule has 0 bridgehead atoms. The van der Waals surface area contributed by atoms with Gasteiger partial charge in [-0.15, -0.1) is 0 Å².